The third-order valence-electron chi connectivity index (χ3n) is 4.41. The summed E-state index contributed by atoms with van der Waals surface area (Å²) in [6, 6.07) is 12.6. The predicted molar refractivity (Wildman–Crippen MR) is 103 cm³/mol. The van der Waals surface area contributed by atoms with E-state index in [0.717, 1.165) is 25.1 Å². The number of para-hydroxylation sites is 1. The van der Waals surface area contributed by atoms with Gasteiger partial charge >= 0.3 is 0 Å². The monoisotopic (exact) mass is 369 g/mol. The summed E-state index contributed by atoms with van der Waals surface area (Å²) < 4.78 is 13.3. The zero-order chi connectivity index (χ0) is 18.1. The van der Waals surface area contributed by atoms with Crippen LogP contribution in [0.2, 0.25) is 5.02 Å². The van der Waals surface area contributed by atoms with E-state index >= 15 is 0 Å². The number of fused-ring (bicyclic) bond motifs is 1. The number of hydrogen-bond donors (Lipinski definition) is 2. The highest BCUT2D eigenvalue weighted by Gasteiger charge is 2.22. The van der Waals surface area contributed by atoms with Gasteiger partial charge in [0.05, 0.1) is 5.02 Å². The summed E-state index contributed by atoms with van der Waals surface area (Å²) in [7, 11) is 0. The van der Waals surface area contributed by atoms with Crippen LogP contribution >= 0.6 is 11.6 Å². The van der Waals surface area contributed by atoms with Crippen LogP contribution in [0.1, 0.15) is 12.0 Å². The normalized spacial score (nSPS) is 13.4. The molecule has 4 rings (SSSR count). The van der Waals surface area contributed by atoms with Crippen LogP contribution in [0.5, 0.6) is 0 Å². The molecule has 3 aromatic rings. The van der Waals surface area contributed by atoms with Crippen molar-refractivity contribution in [3.05, 3.63) is 65.2 Å². The standard InChI is InChI=1S/C19H17ClFN5/c20-14-10-13(7-8-15(14)21)25-18-17(22)19(24-11-23-18)26-9-3-5-12-4-1-2-6-16(12)26/h1-2,4,6-8,10-11H,3,5,9,22H2,(H,23,24,25). The molecule has 0 saturated heterocycles. The van der Waals surface area contributed by atoms with E-state index in [1.807, 2.05) is 12.1 Å². The molecule has 26 heavy (non-hydrogen) atoms. The number of nitrogens with zero attached hydrogens (tertiary/aromatic N) is 3. The first kappa shape index (κ1) is 16.6. The highest BCUT2D eigenvalue weighted by Crippen LogP contribution is 2.37. The summed E-state index contributed by atoms with van der Waals surface area (Å²) in [6.07, 6.45) is 3.53. The number of halogens is 2. The minimum absolute atomic E-state index is 0.0350. The van der Waals surface area contributed by atoms with E-state index in [2.05, 4.69) is 32.3 Å². The Morgan fingerprint density at radius 1 is 1.15 bits per heavy atom. The molecule has 0 aliphatic carbocycles. The molecule has 0 bridgehead atoms. The molecule has 1 aliphatic heterocycles. The summed E-state index contributed by atoms with van der Waals surface area (Å²) in [6.45, 7) is 0.833. The van der Waals surface area contributed by atoms with Crippen molar-refractivity contribution in [3.8, 4) is 0 Å². The Kier molecular flexibility index (Phi) is 4.34. The minimum atomic E-state index is -0.474. The molecule has 0 radical (unpaired) electrons. The average Bonchev–Trinajstić information content (AvgIpc) is 2.66. The molecular weight excluding hydrogens is 353 g/mol. The summed E-state index contributed by atoms with van der Waals surface area (Å²) in [5.41, 5.74) is 9.77. The Balaban J connectivity index is 1.70. The lowest BCUT2D eigenvalue weighted by Crippen LogP contribution is -2.26. The van der Waals surface area contributed by atoms with Crippen molar-refractivity contribution >= 4 is 40.3 Å². The maximum absolute atomic E-state index is 13.3. The highest BCUT2D eigenvalue weighted by molar-refractivity contribution is 6.31. The lowest BCUT2D eigenvalue weighted by Gasteiger charge is -2.31. The van der Waals surface area contributed by atoms with Gasteiger partial charge in [-0.2, -0.15) is 0 Å². The zero-order valence-electron chi connectivity index (χ0n) is 13.9. The molecule has 2 aromatic carbocycles. The van der Waals surface area contributed by atoms with Gasteiger partial charge in [0.2, 0.25) is 0 Å². The largest absolute Gasteiger partial charge is 0.393 e. The quantitative estimate of drug-likeness (QED) is 0.701. The molecule has 132 valence electrons. The molecule has 5 nitrogen and oxygen atoms in total. The van der Waals surface area contributed by atoms with Gasteiger partial charge in [-0.05, 0) is 42.7 Å². The molecule has 0 fully saturated rings. The number of hydrogen-bond acceptors (Lipinski definition) is 5. The van der Waals surface area contributed by atoms with Crippen LogP contribution in [0.3, 0.4) is 0 Å². The Hall–Kier alpha value is -2.86. The van der Waals surface area contributed by atoms with E-state index in [-0.39, 0.29) is 5.02 Å². The smallest absolute Gasteiger partial charge is 0.161 e. The van der Waals surface area contributed by atoms with Crippen LogP contribution in [0, 0.1) is 5.82 Å². The average molecular weight is 370 g/mol. The Labute approximate surface area is 155 Å². The molecule has 1 aliphatic rings. The van der Waals surface area contributed by atoms with Gasteiger partial charge in [0.15, 0.2) is 11.6 Å². The molecule has 3 N–H and O–H groups in total. The van der Waals surface area contributed by atoms with Crippen molar-refractivity contribution in [2.45, 2.75) is 12.8 Å². The van der Waals surface area contributed by atoms with E-state index in [9.17, 15) is 4.39 Å². The fraction of sp³-hybridized carbons (Fsp3) is 0.158. The number of aromatic nitrogens is 2. The molecule has 0 spiro atoms. The number of rotatable bonds is 3. The third-order valence-corrected chi connectivity index (χ3v) is 4.70. The molecule has 7 heteroatoms. The number of anilines is 5. The number of aryl methyl sites for hydroxylation is 1. The fourth-order valence-electron chi connectivity index (χ4n) is 3.17. The predicted octanol–water partition coefficient (Wildman–Crippen LogP) is 4.68. The summed E-state index contributed by atoms with van der Waals surface area (Å²) in [5, 5.41) is 3.12. The molecule has 0 atom stereocenters. The highest BCUT2D eigenvalue weighted by atomic mass is 35.5. The van der Waals surface area contributed by atoms with Crippen LogP contribution < -0.4 is 16.0 Å². The van der Waals surface area contributed by atoms with Crippen LogP contribution in [0.15, 0.2) is 48.8 Å². The summed E-state index contributed by atoms with van der Waals surface area (Å²) in [5.74, 6) is 0.641. The first-order chi connectivity index (χ1) is 12.6. The van der Waals surface area contributed by atoms with Gasteiger partial charge in [0.25, 0.3) is 0 Å². The van der Waals surface area contributed by atoms with E-state index < -0.39 is 5.82 Å². The molecule has 0 amide bonds. The van der Waals surface area contributed by atoms with Crippen molar-refractivity contribution in [2.24, 2.45) is 0 Å². The number of nitrogens with two attached hydrogens (primary N) is 1. The van der Waals surface area contributed by atoms with Gasteiger partial charge in [-0.1, -0.05) is 29.8 Å². The van der Waals surface area contributed by atoms with E-state index in [4.69, 9.17) is 17.3 Å². The maximum atomic E-state index is 13.3. The van der Waals surface area contributed by atoms with Crippen molar-refractivity contribution in [3.63, 3.8) is 0 Å². The summed E-state index contributed by atoms with van der Waals surface area (Å²) in [4.78, 5) is 10.7. The minimum Gasteiger partial charge on any atom is -0.393 e. The van der Waals surface area contributed by atoms with E-state index in [1.54, 1.807) is 6.07 Å². The van der Waals surface area contributed by atoms with E-state index in [1.165, 1.54) is 24.0 Å². The van der Waals surface area contributed by atoms with Gasteiger partial charge in [-0.25, -0.2) is 14.4 Å². The first-order valence-corrected chi connectivity index (χ1v) is 8.69. The number of nitrogens with one attached hydrogen (secondary N) is 1. The lowest BCUT2D eigenvalue weighted by atomic mass is 10.0. The van der Waals surface area contributed by atoms with Gasteiger partial charge in [0, 0.05) is 17.9 Å². The molecule has 2 heterocycles. The van der Waals surface area contributed by atoms with E-state index in [0.29, 0.717) is 23.0 Å². The Bertz CT molecular complexity index is 962. The fourth-order valence-corrected chi connectivity index (χ4v) is 3.35. The number of nitrogen functional groups attached to an aromatic ring is 1. The Morgan fingerprint density at radius 2 is 2.00 bits per heavy atom. The van der Waals surface area contributed by atoms with Crippen LogP contribution in [-0.2, 0) is 6.42 Å². The topological polar surface area (TPSA) is 67.1 Å². The van der Waals surface area contributed by atoms with Crippen molar-refractivity contribution in [1.29, 1.82) is 0 Å². The zero-order valence-corrected chi connectivity index (χ0v) is 14.7. The molecule has 0 saturated carbocycles. The van der Waals surface area contributed by atoms with Gasteiger partial charge < -0.3 is 16.0 Å². The second-order valence-corrected chi connectivity index (χ2v) is 6.50. The van der Waals surface area contributed by atoms with Crippen LogP contribution in [0.4, 0.5) is 33.1 Å². The molecular formula is C19H17ClFN5. The third kappa shape index (κ3) is 3.04. The number of benzene rings is 2. The second kappa shape index (κ2) is 6.80. The first-order valence-electron chi connectivity index (χ1n) is 8.31. The maximum Gasteiger partial charge on any atom is 0.161 e. The van der Waals surface area contributed by atoms with Crippen LogP contribution in [-0.4, -0.2) is 16.5 Å². The summed E-state index contributed by atoms with van der Waals surface area (Å²) >= 11 is 5.84. The Morgan fingerprint density at radius 3 is 2.85 bits per heavy atom. The van der Waals surface area contributed by atoms with Crippen molar-refractivity contribution in [2.75, 3.05) is 22.5 Å². The van der Waals surface area contributed by atoms with Gasteiger partial charge in [0.1, 0.15) is 17.8 Å². The molecule has 1 aromatic heterocycles. The molecule has 0 unspecified atom stereocenters. The van der Waals surface area contributed by atoms with Gasteiger partial charge in [-0.15, -0.1) is 0 Å². The second-order valence-electron chi connectivity index (χ2n) is 6.10. The van der Waals surface area contributed by atoms with Crippen LogP contribution in [0.25, 0.3) is 0 Å². The SMILES string of the molecule is Nc1c(Nc2ccc(F)c(Cl)c2)ncnc1N1CCCc2ccccc21. The lowest BCUT2D eigenvalue weighted by molar-refractivity contribution is 0.628. The van der Waals surface area contributed by atoms with Crippen molar-refractivity contribution in [1.82, 2.24) is 9.97 Å². The van der Waals surface area contributed by atoms with Crippen molar-refractivity contribution < 1.29 is 4.39 Å². The van der Waals surface area contributed by atoms with Gasteiger partial charge in [-0.3, -0.25) is 0 Å².